The molecule has 0 aliphatic carbocycles. The van der Waals surface area contributed by atoms with Crippen LogP contribution in [0.25, 0.3) is 11.0 Å². The molecule has 27 heavy (non-hydrogen) atoms. The summed E-state index contributed by atoms with van der Waals surface area (Å²) in [6, 6.07) is 3.10. The molecule has 1 aliphatic rings. The summed E-state index contributed by atoms with van der Waals surface area (Å²) in [5.74, 6) is 0. The lowest BCUT2D eigenvalue weighted by molar-refractivity contribution is 0.238. The van der Waals surface area contributed by atoms with Gasteiger partial charge in [0.2, 0.25) is 0 Å². The quantitative estimate of drug-likeness (QED) is 0.513. The lowest BCUT2D eigenvalue weighted by Gasteiger charge is -2.27. The predicted octanol–water partition coefficient (Wildman–Crippen LogP) is 3.46. The summed E-state index contributed by atoms with van der Waals surface area (Å²) in [5.41, 5.74) is 1.99. The maximum atomic E-state index is 12.8. The normalized spacial score (nSPS) is 14.5. The van der Waals surface area contributed by atoms with Gasteiger partial charge in [-0.2, -0.15) is 0 Å². The fourth-order valence-electron chi connectivity index (χ4n) is 3.25. The van der Waals surface area contributed by atoms with Gasteiger partial charge >= 0.3 is 0 Å². The van der Waals surface area contributed by atoms with Crippen molar-refractivity contribution < 1.29 is 4.42 Å². The van der Waals surface area contributed by atoms with Crippen molar-refractivity contribution in [2.45, 2.75) is 24.7 Å². The highest BCUT2D eigenvalue weighted by atomic mass is 35.5. The highest BCUT2D eigenvalue weighted by Gasteiger charge is 2.22. The highest BCUT2D eigenvalue weighted by Crippen LogP contribution is 2.27. The number of halogens is 2. The largest absolute Gasteiger partial charge is 0.462 e. The van der Waals surface area contributed by atoms with Crippen LogP contribution in [0.15, 0.2) is 37.6 Å². The van der Waals surface area contributed by atoms with Crippen molar-refractivity contribution in [2.75, 3.05) is 12.8 Å². The van der Waals surface area contributed by atoms with E-state index >= 15 is 0 Å². The number of H-pyrrole nitrogens is 1. The third-order valence-electron chi connectivity index (χ3n) is 4.58. The Morgan fingerprint density at radius 2 is 2.15 bits per heavy atom. The maximum absolute atomic E-state index is 12.8. The van der Waals surface area contributed by atoms with Gasteiger partial charge in [0.15, 0.2) is 16.2 Å². The first-order chi connectivity index (χ1) is 13.0. The maximum Gasteiger partial charge on any atom is 0.256 e. The van der Waals surface area contributed by atoms with Gasteiger partial charge in [-0.1, -0.05) is 35.0 Å². The molecule has 0 spiro atoms. The van der Waals surface area contributed by atoms with Crippen molar-refractivity contribution in [2.24, 2.45) is 0 Å². The van der Waals surface area contributed by atoms with Crippen LogP contribution in [0.3, 0.4) is 0 Å². The predicted molar refractivity (Wildman–Crippen MR) is 107 cm³/mol. The molecule has 140 valence electrons. The van der Waals surface area contributed by atoms with Gasteiger partial charge in [0.05, 0.1) is 27.9 Å². The van der Waals surface area contributed by atoms with Crippen LogP contribution in [-0.4, -0.2) is 27.7 Å². The van der Waals surface area contributed by atoms with Gasteiger partial charge in [0, 0.05) is 36.6 Å². The monoisotopic (exact) mass is 423 g/mol. The second-order valence-corrected chi connectivity index (χ2v) is 7.95. The first-order valence-electron chi connectivity index (χ1n) is 8.24. The number of aromatic nitrogens is 2. The summed E-state index contributed by atoms with van der Waals surface area (Å²) in [6.45, 7) is 1.50. The Bertz CT molecular complexity index is 1160. The summed E-state index contributed by atoms with van der Waals surface area (Å²) >= 11 is 13.5. The molecule has 0 atom stereocenters. The Labute approximate surface area is 168 Å². The minimum Gasteiger partial charge on any atom is -0.462 e. The average molecular weight is 424 g/mol. The number of thioether (sulfide) groups is 1. The molecule has 0 saturated heterocycles. The van der Waals surface area contributed by atoms with Crippen molar-refractivity contribution >= 4 is 45.9 Å². The van der Waals surface area contributed by atoms with Gasteiger partial charge < -0.3 is 9.40 Å². The third-order valence-corrected chi connectivity index (χ3v) is 5.66. The Hall–Kier alpha value is -1.80. The molecule has 1 N–H and O–H groups in total. The van der Waals surface area contributed by atoms with E-state index in [2.05, 4.69) is 9.97 Å². The van der Waals surface area contributed by atoms with Crippen LogP contribution in [0.2, 0.25) is 10.0 Å². The zero-order chi connectivity index (χ0) is 19.1. The van der Waals surface area contributed by atoms with Crippen molar-refractivity contribution in [1.82, 2.24) is 14.9 Å². The molecule has 0 amide bonds. The lowest BCUT2D eigenvalue weighted by atomic mass is 10.1. The van der Waals surface area contributed by atoms with Crippen LogP contribution in [0.5, 0.6) is 0 Å². The molecule has 0 bridgehead atoms. The number of aromatic amines is 1. The van der Waals surface area contributed by atoms with Gasteiger partial charge in [0.25, 0.3) is 5.56 Å². The second kappa shape index (κ2) is 7.31. The molecule has 3 heterocycles. The van der Waals surface area contributed by atoms with Crippen molar-refractivity contribution in [1.29, 1.82) is 0 Å². The third kappa shape index (κ3) is 3.52. The molecule has 2 aromatic heterocycles. The number of rotatable bonds is 3. The fraction of sp³-hybridized carbons (Fsp3) is 0.278. The number of nitrogens with zero attached hydrogens (tertiary/aromatic N) is 2. The number of hydrogen-bond donors (Lipinski definition) is 1. The second-order valence-electron chi connectivity index (χ2n) is 6.32. The average Bonchev–Trinajstić information content (AvgIpc) is 2.64. The van der Waals surface area contributed by atoms with Crippen LogP contribution in [0, 0.1) is 0 Å². The number of fused-ring (bicyclic) bond motifs is 2. The van der Waals surface area contributed by atoms with Crippen LogP contribution >= 0.6 is 35.0 Å². The van der Waals surface area contributed by atoms with E-state index in [4.69, 9.17) is 27.6 Å². The Morgan fingerprint density at radius 3 is 2.93 bits per heavy atom. The molecule has 0 radical (unpaired) electrons. The zero-order valence-corrected chi connectivity index (χ0v) is 16.7. The topological polar surface area (TPSA) is 79.2 Å². The zero-order valence-electron chi connectivity index (χ0n) is 14.3. The van der Waals surface area contributed by atoms with E-state index < -0.39 is 0 Å². The Kier molecular flexibility index (Phi) is 5.03. The van der Waals surface area contributed by atoms with Gasteiger partial charge in [0.1, 0.15) is 0 Å². The molecule has 1 aromatic carbocycles. The van der Waals surface area contributed by atoms with Crippen molar-refractivity contribution in [3.63, 3.8) is 0 Å². The fourth-order valence-corrected chi connectivity index (χ4v) is 4.18. The summed E-state index contributed by atoms with van der Waals surface area (Å²) < 4.78 is 5.57. The summed E-state index contributed by atoms with van der Waals surface area (Å²) in [6.07, 6.45) is 3.96. The van der Waals surface area contributed by atoms with E-state index in [1.807, 2.05) is 11.2 Å². The van der Waals surface area contributed by atoms with E-state index in [1.165, 1.54) is 24.1 Å². The van der Waals surface area contributed by atoms with Crippen LogP contribution in [0.1, 0.15) is 16.8 Å². The molecule has 0 saturated carbocycles. The molecule has 6 nitrogen and oxygen atoms in total. The standard InChI is InChI=1S/C18H15Cl2N3O3S/c1-27-18-21-14-2-3-23(7-12(14)17(25)22-18)6-9-8-26-16-11(15(9)24)4-10(19)5-13(16)20/h4-5,8H,2-3,6-7H2,1H3,(H,21,22,25). The smallest absolute Gasteiger partial charge is 0.256 e. The summed E-state index contributed by atoms with van der Waals surface area (Å²) in [7, 11) is 0. The van der Waals surface area contributed by atoms with E-state index in [9.17, 15) is 9.59 Å². The Morgan fingerprint density at radius 1 is 1.33 bits per heavy atom. The Balaban J connectivity index is 1.65. The summed E-state index contributed by atoms with van der Waals surface area (Å²) in [4.78, 5) is 34.4. The van der Waals surface area contributed by atoms with E-state index in [0.717, 1.165) is 5.69 Å². The van der Waals surface area contributed by atoms with Crippen molar-refractivity contribution in [3.05, 3.63) is 65.8 Å². The molecular formula is C18H15Cl2N3O3S. The molecule has 3 aromatic rings. The van der Waals surface area contributed by atoms with Crippen LogP contribution < -0.4 is 11.0 Å². The molecule has 1 aliphatic heterocycles. The van der Waals surface area contributed by atoms with Gasteiger partial charge in [-0.15, -0.1) is 0 Å². The minimum absolute atomic E-state index is 0.127. The lowest BCUT2D eigenvalue weighted by Crippen LogP contribution is -2.36. The highest BCUT2D eigenvalue weighted by molar-refractivity contribution is 7.98. The SMILES string of the molecule is CSc1nc2c(c(=O)[nH]1)CN(Cc1coc3c(Cl)cc(Cl)cc3c1=O)CC2. The van der Waals surface area contributed by atoms with Crippen molar-refractivity contribution in [3.8, 4) is 0 Å². The van der Waals surface area contributed by atoms with E-state index in [0.29, 0.717) is 63.4 Å². The van der Waals surface area contributed by atoms with Crippen LogP contribution in [0.4, 0.5) is 0 Å². The number of benzene rings is 1. The summed E-state index contributed by atoms with van der Waals surface area (Å²) in [5, 5.41) is 1.66. The van der Waals surface area contributed by atoms with E-state index in [-0.39, 0.29) is 11.0 Å². The number of nitrogens with one attached hydrogen (secondary N) is 1. The van der Waals surface area contributed by atoms with Crippen LogP contribution in [-0.2, 0) is 19.5 Å². The molecule has 9 heteroatoms. The van der Waals surface area contributed by atoms with Gasteiger partial charge in [-0.3, -0.25) is 14.5 Å². The minimum atomic E-state index is -0.170. The van der Waals surface area contributed by atoms with E-state index in [1.54, 1.807) is 6.07 Å². The van der Waals surface area contributed by atoms with Gasteiger partial charge in [-0.05, 0) is 18.4 Å². The first kappa shape index (κ1) is 18.6. The molecular weight excluding hydrogens is 409 g/mol. The van der Waals surface area contributed by atoms with Gasteiger partial charge in [-0.25, -0.2) is 4.98 Å². The molecule has 4 rings (SSSR count). The number of hydrogen-bond acceptors (Lipinski definition) is 6. The molecule has 0 fully saturated rings. The first-order valence-corrected chi connectivity index (χ1v) is 10.2. The molecule has 0 unspecified atom stereocenters.